The number of aliphatic carboxylic acids is 1. The number of benzene rings is 1. The molecule has 14 heteroatoms. The lowest BCUT2D eigenvalue weighted by molar-refractivity contribution is -0.145. The highest BCUT2D eigenvalue weighted by Crippen LogP contribution is 2.12. The van der Waals surface area contributed by atoms with Gasteiger partial charge in [0, 0.05) is 24.7 Å². The molecule has 37 heavy (non-hydrogen) atoms. The van der Waals surface area contributed by atoms with Crippen LogP contribution in [0.3, 0.4) is 0 Å². The van der Waals surface area contributed by atoms with Crippen molar-refractivity contribution >= 4 is 23.7 Å². The first kappa shape index (κ1) is 29.2. The number of amides is 3. The number of aromatic amines is 1. The van der Waals surface area contributed by atoms with Crippen LogP contribution in [0.4, 0.5) is 0 Å². The van der Waals surface area contributed by atoms with Gasteiger partial charge in [-0.3, -0.25) is 14.4 Å². The van der Waals surface area contributed by atoms with Crippen molar-refractivity contribution in [1.29, 1.82) is 0 Å². The Labute approximate surface area is 212 Å². The number of imidazole rings is 1. The molecule has 1 aromatic heterocycles. The number of nitrogens with two attached hydrogens (primary N) is 1. The maximum atomic E-state index is 13.0. The van der Waals surface area contributed by atoms with Crippen molar-refractivity contribution in [2.24, 2.45) is 5.73 Å². The molecule has 0 spiro atoms. The van der Waals surface area contributed by atoms with E-state index >= 15 is 0 Å². The molecule has 1 aromatic carbocycles. The van der Waals surface area contributed by atoms with Gasteiger partial charge in [-0.05, 0) is 31.5 Å². The van der Waals surface area contributed by atoms with Crippen LogP contribution in [0.2, 0.25) is 0 Å². The van der Waals surface area contributed by atoms with Gasteiger partial charge in [0.1, 0.15) is 17.8 Å². The predicted molar refractivity (Wildman–Crippen MR) is 129 cm³/mol. The summed E-state index contributed by atoms with van der Waals surface area (Å²) < 4.78 is 0. The molecule has 6 atom stereocenters. The number of phenolic OH excluding ortho intramolecular Hbond substituents is 1. The number of hydrogen-bond acceptors (Lipinski definition) is 9. The highest BCUT2D eigenvalue weighted by molar-refractivity contribution is 5.94. The molecule has 14 nitrogen and oxygen atoms in total. The lowest BCUT2D eigenvalue weighted by Crippen LogP contribution is -2.61. The topological polar surface area (TPSA) is 240 Å². The van der Waals surface area contributed by atoms with Crippen molar-refractivity contribution in [3.05, 3.63) is 48.0 Å². The van der Waals surface area contributed by atoms with Crippen molar-refractivity contribution in [2.45, 2.75) is 63.1 Å². The number of rotatable bonds is 13. The maximum Gasteiger partial charge on any atom is 0.328 e. The Bertz CT molecular complexity index is 1060. The summed E-state index contributed by atoms with van der Waals surface area (Å²) in [5, 5.41) is 45.6. The van der Waals surface area contributed by atoms with Crippen LogP contribution in [0.1, 0.15) is 25.1 Å². The van der Waals surface area contributed by atoms with Crippen LogP contribution < -0.4 is 21.7 Å². The number of phenols is 1. The number of nitrogens with one attached hydrogen (secondary N) is 4. The third-order valence-corrected chi connectivity index (χ3v) is 5.45. The molecule has 0 aliphatic carbocycles. The molecule has 202 valence electrons. The van der Waals surface area contributed by atoms with E-state index in [1.165, 1.54) is 50.6 Å². The van der Waals surface area contributed by atoms with Crippen molar-refractivity contribution in [1.82, 2.24) is 25.9 Å². The van der Waals surface area contributed by atoms with Crippen LogP contribution in [0, 0.1) is 0 Å². The lowest BCUT2D eigenvalue weighted by Gasteiger charge is -2.27. The lowest BCUT2D eigenvalue weighted by atomic mass is 10.0. The number of aromatic hydroxyl groups is 1. The predicted octanol–water partition coefficient (Wildman–Crippen LogP) is -2.47. The summed E-state index contributed by atoms with van der Waals surface area (Å²) in [7, 11) is 0. The number of carboxylic acids is 1. The number of carbonyl (C=O) groups is 4. The van der Waals surface area contributed by atoms with Gasteiger partial charge in [-0.2, -0.15) is 0 Å². The highest BCUT2D eigenvalue weighted by Gasteiger charge is 2.33. The third kappa shape index (κ3) is 8.86. The molecule has 6 unspecified atom stereocenters. The van der Waals surface area contributed by atoms with E-state index in [1.807, 2.05) is 0 Å². The van der Waals surface area contributed by atoms with Gasteiger partial charge < -0.3 is 47.1 Å². The summed E-state index contributed by atoms with van der Waals surface area (Å²) in [4.78, 5) is 56.6. The van der Waals surface area contributed by atoms with Gasteiger partial charge in [-0.15, -0.1) is 0 Å². The zero-order chi connectivity index (χ0) is 27.7. The minimum Gasteiger partial charge on any atom is -0.508 e. The third-order valence-electron chi connectivity index (χ3n) is 5.45. The fraction of sp³-hybridized carbons (Fsp3) is 0.435. The van der Waals surface area contributed by atoms with Gasteiger partial charge in [-0.25, -0.2) is 9.78 Å². The molecule has 2 rings (SSSR count). The van der Waals surface area contributed by atoms with E-state index < -0.39 is 60.1 Å². The van der Waals surface area contributed by atoms with Crippen molar-refractivity contribution in [3.8, 4) is 5.75 Å². The van der Waals surface area contributed by atoms with Crippen LogP contribution in [-0.2, 0) is 32.0 Å². The average molecular weight is 521 g/mol. The number of carboxylic acid groups (broad SMARTS) is 1. The van der Waals surface area contributed by atoms with Gasteiger partial charge in [0.05, 0.1) is 24.6 Å². The number of carbonyl (C=O) groups excluding carboxylic acids is 3. The number of hydrogen-bond donors (Lipinski definition) is 9. The van der Waals surface area contributed by atoms with Crippen molar-refractivity contribution in [2.75, 3.05) is 0 Å². The Morgan fingerprint density at radius 1 is 0.919 bits per heavy atom. The van der Waals surface area contributed by atoms with Gasteiger partial charge in [0.15, 0.2) is 6.04 Å². The van der Waals surface area contributed by atoms with E-state index in [0.29, 0.717) is 11.3 Å². The Kier molecular flexibility index (Phi) is 10.5. The number of nitrogens with zero attached hydrogens (tertiary/aromatic N) is 1. The number of H-pyrrole nitrogens is 1. The molecule has 3 amide bonds. The summed E-state index contributed by atoms with van der Waals surface area (Å²) >= 11 is 0. The van der Waals surface area contributed by atoms with Gasteiger partial charge in [0.25, 0.3) is 0 Å². The minimum absolute atomic E-state index is 0.0304. The van der Waals surface area contributed by atoms with E-state index in [0.717, 1.165) is 0 Å². The smallest absolute Gasteiger partial charge is 0.328 e. The minimum atomic E-state index is -1.65. The number of aromatic nitrogens is 2. The molecule has 0 fully saturated rings. The average Bonchev–Trinajstić information content (AvgIpc) is 3.33. The van der Waals surface area contributed by atoms with E-state index in [2.05, 4.69) is 25.9 Å². The molecule has 0 aliphatic heterocycles. The second-order valence-electron chi connectivity index (χ2n) is 8.61. The second-order valence-corrected chi connectivity index (χ2v) is 8.61. The summed E-state index contributed by atoms with van der Waals surface area (Å²) in [5.41, 5.74) is 6.98. The summed E-state index contributed by atoms with van der Waals surface area (Å²) in [6.07, 6.45) is 0.0247. The molecule has 0 aliphatic rings. The zero-order valence-electron chi connectivity index (χ0n) is 20.3. The van der Waals surface area contributed by atoms with Gasteiger partial charge in [-0.1, -0.05) is 12.1 Å². The molecule has 1 heterocycles. The largest absolute Gasteiger partial charge is 0.508 e. The molecular weight excluding hydrogens is 488 g/mol. The first-order valence-corrected chi connectivity index (χ1v) is 11.4. The number of aliphatic hydroxyl groups excluding tert-OH is 2. The van der Waals surface area contributed by atoms with E-state index in [-0.39, 0.29) is 18.6 Å². The molecule has 0 bridgehead atoms. The first-order valence-electron chi connectivity index (χ1n) is 11.4. The van der Waals surface area contributed by atoms with E-state index in [9.17, 15) is 39.6 Å². The van der Waals surface area contributed by atoms with Crippen LogP contribution in [0.25, 0.3) is 0 Å². The fourth-order valence-corrected chi connectivity index (χ4v) is 3.37. The first-order chi connectivity index (χ1) is 17.4. The summed E-state index contributed by atoms with van der Waals surface area (Å²) in [6.45, 7) is 2.44. The van der Waals surface area contributed by atoms with E-state index in [1.54, 1.807) is 0 Å². The monoisotopic (exact) mass is 520 g/mol. The summed E-state index contributed by atoms with van der Waals surface area (Å²) in [5.74, 6) is -4.12. The van der Waals surface area contributed by atoms with Crippen molar-refractivity contribution in [3.63, 3.8) is 0 Å². The van der Waals surface area contributed by atoms with Crippen molar-refractivity contribution < 1.29 is 39.6 Å². The fourth-order valence-electron chi connectivity index (χ4n) is 3.37. The normalized spacial score (nSPS) is 15.9. The van der Waals surface area contributed by atoms with Crippen LogP contribution >= 0.6 is 0 Å². The van der Waals surface area contributed by atoms with Crippen LogP contribution in [0.15, 0.2) is 36.8 Å². The quantitative estimate of drug-likeness (QED) is 0.135. The molecule has 2 aromatic rings. The SMILES string of the molecule is CC(O)C(NC(=O)C(Cc1ccc(O)cc1)NC(=O)C(NC(=O)C(N)Cc1cnc[nH]1)C(C)O)C(=O)O. The Morgan fingerprint density at radius 2 is 1.51 bits per heavy atom. The zero-order valence-corrected chi connectivity index (χ0v) is 20.3. The molecule has 0 saturated carbocycles. The molecule has 0 radical (unpaired) electrons. The van der Waals surface area contributed by atoms with Gasteiger partial charge >= 0.3 is 5.97 Å². The summed E-state index contributed by atoms with van der Waals surface area (Å²) in [6, 6.07) is 0.120. The van der Waals surface area contributed by atoms with Gasteiger partial charge in [0.2, 0.25) is 17.7 Å². The maximum absolute atomic E-state index is 13.0. The van der Waals surface area contributed by atoms with E-state index in [4.69, 9.17) is 5.73 Å². The number of aliphatic hydroxyl groups is 2. The standard InChI is InChI=1S/C23H32N6O8/c1-11(30)18(28-20(33)16(24)8-14-9-25-10-26-14)22(35)27-17(7-13-3-5-15(32)6-4-13)21(34)29-19(12(2)31)23(36)37/h3-6,9-12,16-19,30-32H,7-8,24H2,1-2H3,(H,25,26)(H,27,35)(H,28,33)(H,29,34)(H,36,37). The second kappa shape index (κ2) is 13.3. The molecular formula is C23H32N6O8. The Hall–Kier alpha value is -4.01. The Morgan fingerprint density at radius 3 is 2.03 bits per heavy atom. The Balaban J connectivity index is 2.19. The highest BCUT2D eigenvalue weighted by atomic mass is 16.4. The molecule has 0 saturated heterocycles. The van der Waals surface area contributed by atoms with Crippen LogP contribution in [-0.4, -0.2) is 90.5 Å². The molecule has 10 N–H and O–H groups in total. The van der Waals surface area contributed by atoms with Crippen LogP contribution in [0.5, 0.6) is 5.75 Å².